The van der Waals surface area contributed by atoms with E-state index in [9.17, 15) is 9.90 Å². The maximum Gasteiger partial charge on any atom is 0.280 e. The number of aliphatic hydroxyl groups is 1. The molecular formula is C24H28BrN3O2S. The molecule has 0 fully saturated rings. The van der Waals surface area contributed by atoms with Crippen LogP contribution in [0.25, 0.3) is 10.3 Å². The maximum atomic E-state index is 13.0. The van der Waals surface area contributed by atoms with Crippen molar-refractivity contribution in [2.24, 2.45) is 11.3 Å². The zero-order valence-electron chi connectivity index (χ0n) is 18.1. The Balaban J connectivity index is 1.56. The molecule has 0 saturated heterocycles. The van der Waals surface area contributed by atoms with E-state index in [1.54, 1.807) is 0 Å². The van der Waals surface area contributed by atoms with Crippen molar-refractivity contribution in [3.05, 3.63) is 56.6 Å². The Kier molecular flexibility index (Phi) is 6.47. The third kappa shape index (κ3) is 4.99. The number of hydrogen-bond donors (Lipinski definition) is 2. The van der Waals surface area contributed by atoms with Crippen molar-refractivity contribution in [2.45, 2.75) is 52.5 Å². The number of hydrogen-bond acceptors (Lipinski definition) is 5. The number of benzene rings is 1. The number of aliphatic hydroxyl groups excluding tert-OH is 1. The number of nitrogens with zero attached hydrogens (tertiary/aromatic N) is 2. The number of pyridine rings is 1. The summed E-state index contributed by atoms with van der Waals surface area (Å²) >= 11 is 4.77. The number of carbonyl (C=O) groups excluding carboxylic acids is 1. The average Bonchev–Trinajstić information content (AvgIpc) is 3.14. The summed E-state index contributed by atoms with van der Waals surface area (Å²) in [5.41, 5.74) is 4.44. The molecule has 31 heavy (non-hydrogen) atoms. The van der Waals surface area contributed by atoms with Gasteiger partial charge in [-0.1, -0.05) is 60.2 Å². The summed E-state index contributed by atoms with van der Waals surface area (Å²) in [6.45, 7) is 6.89. The van der Waals surface area contributed by atoms with Crippen molar-refractivity contribution in [3.63, 3.8) is 0 Å². The van der Waals surface area contributed by atoms with E-state index >= 15 is 0 Å². The number of nitrogens with one attached hydrogen (secondary N) is 1. The molecule has 2 aromatic heterocycles. The highest BCUT2D eigenvalue weighted by atomic mass is 79.9. The number of fused-ring (bicyclic) bond motifs is 2. The lowest BCUT2D eigenvalue weighted by atomic mass is 9.71. The first-order valence-electron chi connectivity index (χ1n) is 10.7. The second-order valence-electron chi connectivity index (χ2n) is 9.33. The van der Waals surface area contributed by atoms with Crippen molar-refractivity contribution in [1.29, 1.82) is 0 Å². The molecule has 5 nitrogen and oxygen atoms in total. The number of rotatable bonds is 5. The molecule has 2 N–H and O–H groups in total. The molecule has 1 amide bonds. The first-order valence-corrected chi connectivity index (χ1v) is 12.3. The van der Waals surface area contributed by atoms with Crippen LogP contribution in [0.15, 0.2) is 34.8 Å². The molecule has 1 aliphatic rings. The molecule has 2 heterocycles. The molecule has 2 atom stereocenters. The van der Waals surface area contributed by atoms with Crippen molar-refractivity contribution < 1.29 is 9.90 Å². The lowest BCUT2D eigenvalue weighted by Crippen LogP contribution is -2.29. The Hall–Kier alpha value is -1.83. The Morgan fingerprint density at radius 2 is 2.03 bits per heavy atom. The minimum absolute atomic E-state index is 0.00985. The third-order valence-electron chi connectivity index (χ3n) is 6.16. The Labute approximate surface area is 195 Å². The lowest BCUT2D eigenvalue weighted by Gasteiger charge is -2.34. The third-order valence-corrected chi connectivity index (χ3v) is 7.66. The van der Waals surface area contributed by atoms with E-state index in [-0.39, 0.29) is 24.0 Å². The van der Waals surface area contributed by atoms with E-state index in [1.807, 2.05) is 24.3 Å². The highest BCUT2D eigenvalue weighted by Crippen LogP contribution is 2.38. The molecule has 0 radical (unpaired) electrons. The Morgan fingerprint density at radius 3 is 2.71 bits per heavy atom. The van der Waals surface area contributed by atoms with Gasteiger partial charge in [0.25, 0.3) is 5.91 Å². The average molecular weight is 502 g/mol. The Bertz CT molecular complexity index is 1090. The van der Waals surface area contributed by atoms with Gasteiger partial charge >= 0.3 is 0 Å². The summed E-state index contributed by atoms with van der Waals surface area (Å²) < 4.78 is 0.972. The van der Waals surface area contributed by atoms with Crippen molar-refractivity contribution in [2.75, 3.05) is 6.61 Å². The van der Waals surface area contributed by atoms with E-state index in [0.29, 0.717) is 17.3 Å². The number of thiazole rings is 1. The first kappa shape index (κ1) is 22.4. The lowest BCUT2D eigenvalue weighted by molar-refractivity contribution is 0.0930. The number of aromatic nitrogens is 2. The SMILES string of the molecule is CC(C)(C)[C@H]1CCc2nc3sc(C(=O)NC(CCO)c4ccc(Br)cc4)nc3cc2C1. The molecule has 4 rings (SSSR count). The van der Waals surface area contributed by atoms with E-state index in [1.165, 1.54) is 16.9 Å². The van der Waals surface area contributed by atoms with Crippen LogP contribution in [0.3, 0.4) is 0 Å². The quantitative estimate of drug-likeness (QED) is 0.486. The number of aryl methyl sites for hydroxylation is 1. The fraction of sp³-hybridized carbons (Fsp3) is 0.458. The van der Waals surface area contributed by atoms with Gasteiger partial charge in [-0.25, -0.2) is 9.97 Å². The minimum atomic E-state index is -0.272. The first-order chi connectivity index (χ1) is 14.7. The molecule has 0 saturated carbocycles. The van der Waals surface area contributed by atoms with Crippen molar-refractivity contribution >= 4 is 43.5 Å². The van der Waals surface area contributed by atoms with E-state index in [2.05, 4.69) is 53.1 Å². The maximum absolute atomic E-state index is 13.0. The van der Waals surface area contributed by atoms with Gasteiger partial charge in [0.05, 0.1) is 6.04 Å². The minimum Gasteiger partial charge on any atom is -0.396 e. The van der Waals surface area contributed by atoms with Crippen molar-refractivity contribution in [1.82, 2.24) is 15.3 Å². The Morgan fingerprint density at radius 1 is 1.29 bits per heavy atom. The van der Waals surface area contributed by atoms with Gasteiger partial charge in [-0.05, 0) is 66.3 Å². The molecule has 1 aromatic carbocycles. The molecule has 1 unspecified atom stereocenters. The highest BCUT2D eigenvalue weighted by molar-refractivity contribution is 9.10. The molecule has 0 aliphatic heterocycles. The van der Waals surface area contributed by atoms with Gasteiger partial charge in [0.2, 0.25) is 0 Å². The second-order valence-corrected chi connectivity index (χ2v) is 11.2. The summed E-state index contributed by atoms with van der Waals surface area (Å²) in [7, 11) is 0. The predicted octanol–water partition coefficient (Wildman–Crippen LogP) is 5.46. The number of amides is 1. The van der Waals surface area contributed by atoms with Gasteiger partial charge in [-0.15, -0.1) is 0 Å². The van der Waals surface area contributed by atoms with Crippen LogP contribution in [0.4, 0.5) is 0 Å². The van der Waals surface area contributed by atoms with Crippen LogP contribution in [0.5, 0.6) is 0 Å². The van der Waals surface area contributed by atoms with Gasteiger partial charge in [-0.3, -0.25) is 4.79 Å². The van der Waals surface area contributed by atoms with E-state index < -0.39 is 0 Å². The predicted molar refractivity (Wildman–Crippen MR) is 128 cm³/mol. The molecule has 3 aromatic rings. The zero-order chi connectivity index (χ0) is 22.2. The van der Waals surface area contributed by atoms with Gasteiger partial charge in [0, 0.05) is 16.8 Å². The highest BCUT2D eigenvalue weighted by Gasteiger charge is 2.30. The van der Waals surface area contributed by atoms with Crippen LogP contribution in [-0.4, -0.2) is 27.6 Å². The van der Waals surface area contributed by atoms with Crippen LogP contribution in [-0.2, 0) is 12.8 Å². The van der Waals surface area contributed by atoms with Gasteiger partial charge in [-0.2, -0.15) is 0 Å². The normalized spacial score (nSPS) is 17.4. The largest absolute Gasteiger partial charge is 0.396 e. The van der Waals surface area contributed by atoms with Gasteiger partial charge < -0.3 is 10.4 Å². The van der Waals surface area contributed by atoms with E-state index in [0.717, 1.165) is 45.3 Å². The molecule has 1 aliphatic carbocycles. The monoisotopic (exact) mass is 501 g/mol. The molecule has 0 spiro atoms. The second kappa shape index (κ2) is 8.96. The van der Waals surface area contributed by atoms with Crippen LogP contribution in [0, 0.1) is 11.3 Å². The summed E-state index contributed by atoms with van der Waals surface area (Å²) in [5.74, 6) is 0.403. The van der Waals surface area contributed by atoms with Crippen LogP contribution in [0.1, 0.15) is 66.3 Å². The fourth-order valence-electron chi connectivity index (χ4n) is 4.22. The van der Waals surface area contributed by atoms with Crippen molar-refractivity contribution in [3.8, 4) is 0 Å². The number of carbonyl (C=O) groups is 1. The molecule has 164 valence electrons. The smallest absolute Gasteiger partial charge is 0.280 e. The summed E-state index contributed by atoms with van der Waals surface area (Å²) in [6.07, 6.45) is 3.59. The summed E-state index contributed by atoms with van der Waals surface area (Å²) in [5, 5.41) is 12.9. The topological polar surface area (TPSA) is 75.1 Å². The summed E-state index contributed by atoms with van der Waals surface area (Å²) in [4.78, 5) is 23.2. The zero-order valence-corrected chi connectivity index (χ0v) is 20.5. The van der Waals surface area contributed by atoms with Gasteiger partial charge in [0.1, 0.15) is 10.3 Å². The molecule has 7 heteroatoms. The van der Waals surface area contributed by atoms with E-state index in [4.69, 9.17) is 4.98 Å². The number of halogens is 1. The van der Waals surface area contributed by atoms with Crippen LogP contribution >= 0.6 is 27.3 Å². The molecular weight excluding hydrogens is 474 g/mol. The van der Waals surface area contributed by atoms with Gasteiger partial charge in [0.15, 0.2) is 5.01 Å². The summed E-state index contributed by atoms with van der Waals surface area (Å²) in [6, 6.07) is 9.62. The standard InChI is InChI=1S/C24H28BrN3O2S/c1-24(2,3)16-6-9-18-15(12-16)13-20-22(27-18)31-23(28-20)21(30)26-19(10-11-29)14-4-7-17(25)8-5-14/h4-5,7-8,13,16,19,29H,6,9-12H2,1-3H3,(H,26,30)/t16-,19?/m0/s1. The van der Waals surface area contributed by atoms with Crippen LogP contribution < -0.4 is 5.32 Å². The fourth-order valence-corrected chi connectivity index (χ4v) is 5.32. The van der Waals surface area contributed by atoms with Crippen LogP contribution in [0.2, 0.25) is 0 Å². The molecule has 0 bridgehead atoms.